The van der Waals surface area contributed by atoms with Crippen molar-refractivity contribution in [3.63, 3.8) is 0 Å². The van der Waals surface area contributed by atoms with E-state index in [-0.39, 0.29) is 5.69 Å². The van der Waals surface area contributed by atoms with Crippen LogP contribution in [0.5, 0.6) is 0 Å². The number of rotatable bonds is 0. The van der Waals surface area contributed by atoms with Crippen molar-refractivity contribution in [1.29, 1.82) is 0 Å². The lowest BCUT2D eigenvalue weighted by atomic mass is 10.1. The fourth-order valence-electron chi connectivity index (χ4n) is 1.74. The molecule has 0 amide bonds. The molecule has 0 saturated heterocycles. The van der Waals surface area contributed by atoms with Crippen LogP contribution in [0.1, 0.15) is 23.5 Å². The van der Waals surface area contributed by atoms with Gasteiger partial charge in [0, 0.05) is 12.7 Å². The summed E-state index contributed by atoms with van der Waals surface area (Å²) in [7, 11) is 1.34. The first-order valence-electron chi connectivity index (χ1n) is 4.84. The number of fused-ring (bicyclic) bond motifs is 1. The van der Waals surface area contributed by atoms with Crippen LogP contribution >= 0.6 is 15.9 Å². The lowest BCUT2D eigenvalue weighted by molar-refractivity contribution is -0.142. The van der Waals surface area contributed by atoms with Crippen molar-refractivity contribution in [3.05, 3.63) is 31.9 Å². The molecule has 1 aliphatic rings. The molecular formula is C10H8BrF3N2O. The van der Waals surface area contributed by atoms with Gasteiger partial charge in [0.2, 0.25) is 5.69 Å². The topological polar surface area (TPSA) is 34.9 Å². The molecule has 3 nitrogen and oxygen atoms in total. The molecule has 92 valence electrons. The standard InChI is InChI=1S/C10H8BrF3N2O/c1-16-7-3-2-5(11)4-6(7)15-8(9(16)17)10(12,13)14/h4H,2-3H2,1H3. The highest BCUT2D eigenvalue weighted by Gasteiger charge is 2.37. The molecule has 7 heteroatoms. The zero-order valence-electron chi connectivity index (χ0n) is 8.81. The summed E-state index contributed by atoms with van der Waals surface area (Å²) < 4.78 is 39.6. The van der Waals surface area contributed by atoms with Crippen molar-refractivity contribution in [1.82, 2.24) is 9.55 Å². The minimum atomic E-state index is -4.72. The molecule has 0 atom stereocenters. The van der Waals surface area contributed by atoms with Gasteiger partial charge in [0.25, 0.3) is 5.56 Å². The second-order valence-corrected chi connectivity index (χ2v) is 4.76. The molecule has 0 aliphatic heterocycles. The molecule has 0 unspecified atom stereocenters. The van der Waals surface area contributed by atoms with Crippen molar-refractivity contribution in [2.24, 2.45) is 7.05 Å². The van der Waals surface area contributed by atoms with Crippen LogP contribution in [0, 0.1) is 0 Å². The largest absolute Gasteiger partial charge is 0.438 e. The summed E-state index contributed by atoms with van der Waals surface area (Å²) in [5.74, 6) is 0. The first-order valence-corrected chi connectivity index (χ1v) is 5.63. The van der Waals surface area contributed by atoms with Gasteiger partial charge in [0.15, 0.2) is 0 Å². The second kappa shape index (κ2) is 3.97. The third-order valence-electron chi connectivity index (χ3n) is 2.60. The van der Waals surface area contributed by atoms with Gasteiger partial charge in [0.05, 0.1) is 5.69 Å². The molecular weight excluding hydrogens is 301 g/mol. The van der Waals surface area contributed by atoms with E-state index in [2.05, 4.69) is 20.9 Å². The van der Waals surface area contributed by atoms with Gasteiger partial charge < -0.3 is 4.57 Å². The molecule has 1 aliphatic carbocycles. The van der Waals surface area contributed by atoms with Crippen LogP contribution in [0.4, 0.5) is 13.2 Å². The van der Waals surface area contributed by atoms with Crippen LogP contribution in [0.25, 0.3) is 6.08 Å². The molecule has 0 saturated carbocycles. The number of allylic oxidation sites excluding steroid dienone is 1. The summed E-state index contributed by atoms with van der Waals surface area (Å²) in [6, 6.07) is 0. The maximum atomic E-state index is 12.6. The normalized spacial score (nSPS) is 15.5. The van der Waals surface area contributed by atoms with Crippen molar-refractivity contribution in [2.75, 3.05) is 0 Å². The molecule has 0 N–H and O–H groups in total. The lowest BCUT2D eigenvalue weighted by Crippen LogP contribution is -2.32. The Morgan fingerprint density at radius 3 is 2.65 bits per heavy atom. The highest BCUT2D eigenvalue weighted by molar-refractivity contribution is 9.11. The lowest BCUT2D eigenvalue weighted by Gasteiger charge is -2.17. The Hall–Kier alpha value is -1.11. The predicted octanol–water partition coefficient (Wildman–Crippen LogP) is 2.48. The summed E-state index contributed by atoms with van der Waals surface area (Å²) in [5.41, 5.74) is -1.72. The van der Waals surface area contributed by atoms with Crippen LogP contribution in [-0.2, 0) is 19.6 Å². The molecule has 17 heavy (non-hydrogen) atoms. The van der Waals surface area contributed by atoms with Gasteiger partial charge in [-0.2, -0.15) is 13.2 Å². The van der Waals surface area contributed by atoms with E-state index in [1.165, 1.54) is 13.1 Å². The predicted molar refractivity (Wildman–Crippen MR) is 59.7 cm³/mol. The summed E-state index contributed by atoms with van der Waals surface area (Å²) in [5, 5.41) is 0. The first-order chi connectivity index (χ1) is 7.80. The molecule has 1 heterocycles. The highest BCUT2D eigenvalue weighted by atomic mass is 79.9. The average Bonchev–Trinajstić information content (AvgIpc) is 2.21. The number of halogens is 4. The van der Waals surface area contributed by atoms with Crippen LogP contribution in [0.3, 0.4) is 0 Å². The maximum absolute atomic E-state index is 12.6. The van der Waals surface area contributed by atoms with Crippen molar-refractivity contribution in [2.45, 2.75) is 19.0 Å². The fraction of sp³-hybridized carbons (Fsp3) is 0.400. The van der Waals surface area contributed by atoms with E-state index in [0.29, 0.717) is 18.5 Å². The number of alkyl halides is 3. The van der Waals surface area contributed by atoms with Crippen LogP contribution in [-0.4, -0.2) is 9.55 Å². The Bertz CT molecular complexity index is 560. The van der Waals surface area contributed by atoms with E-state index in [0.717, 1.165) is 9.05 Å². The molecule has 1 aromatic heterocycles. The van der Waals surface area contributed by atoms with Crippen molar-refractivity contribution < 1.29 is 13.2 Å². The maximum Gasteiger partial charge on any atom is 0.438 e. The smallest absolute Gasteiger partial charge is 0.312 e. The second-order valence-electron chi connectivity index (χ2n) is 3.75. The van der Waals surface area contributed by atoms with E-state index >= 15 is 0 Å². The first kappa shape index (κ1) is 12.3. The van der Waals surface area contributed by atoms with E-state index in [4.69, 9.17) is 0 Å². The van der Waals surface area contributed by atoms with Gasteiger partial charge in [0.1, 0.15) is 0 Å². The zero-order chi connectivity index (χ0) is 12.8. The molecule has 0 radical (unpaired) electrons. The Labute approximate surface area is 103 Å². The summed E-state index contributed by atoms with van der Waals surface area (Å²) >= 11 is 3.23. The minimum Gasteiger partial charge on any atom is -0.312 e. The van der Waals surface area contributed by atoms with Crippen molar-refractivity contribution in [3.8, 4) is 0 Å². The van der Waals surface area contributed by atoms with Gasteiger partial charge in [-0.25, -0.2) is 4.98 Å². The molecule has 1 aromatic rings. The van der Waals surface area contributed by atoms with Crippen LogP contribution in [0.2, 0.25) is 0 Å². The quantitative estimate of drug-likeness (QED) is 0.738. The summed E-state index contributed by atoms with van der Waals surface area (Å²) in [6.45, 7) is 0. The monoisotopic (exact) mass is 308 g/mol. The van der Waals surface area contributed by atoms with Gasteiger partial charge in [-0.15, -0.1) is 0 Å². The summed E-state index contributed by atoms with van der Waals surface area (Å²) in [6.07, 6.45) is -2.04. The third kappa shape index (κ3) is 2.15. The minimum absolute atomic E-state index is 0.206. The van der Waals surface area contributed by atoms with Gasteiger partial charge >= 0.3 is 6.18 Å². The molecule has 2 rings (SSSR count). The molecule has 0 spiro atoms. The SMILES string of the molecule is Cn1c2c(nc(C(F)(F)F)c1=O)C=C(Br)CC2. The van der Waals surface area contributed by atoms with E-state index < -0.39 is 17.4 Å². The van der Waals surface area contributed by atoms with Crippen LogP contribution in [0.15, 0.2) is 9.28 Å². The van der Waals surface area contributed by atoms with E-state index in [9.17, 15) is 18.0 Å². The Morgan fingerprint density at radius 2 is 2.06 bits per heavy atom. The number of hydrogen-bond donors (Lipinski definition) is 0. The number of aromatic nitrogens is 2. The highest BCUT2D eigenvalue weighted by Crippen LogP contribution is 2.29. The fourth-order valence-corrected chi connectivity index (χ4v) is 2.16. The number of hydrogen-bond acceptors (Lipinski definition) is 2. The Balaban J connectivity index is 2.73. The van der Waals surface area contributed by atoms with Crippen LogP contribution < -0.4 is 5.56 Å². The van der Waals surface area contributed by atoms with Gasteiger partial charge in [-0.05, 0) is 23.4 Å². The Kier molecular flexibility index (Phi) is 2.89. The number of nitrogens with zero attached hydrogens (tertiary/aromatic N) is 2. The Morgan fingerprint density at radius 1 is 1.41 bits per heavy atom. The average molecular weight is 309 g/mol. The van der Waals surface area contributed by atoms with Gasteiger partial charge in [-0.3, -0.25) is 4.79 Å². The molecule has 0 aromatic carbocycles. The zero-order valence-corrected chi connectivity index (χ0v) is 10.4. The molecule has 0 fully saturated rings. The van der Waals surface area contributed by atoms with E-state index in [1.54, 1.807) is 0 Å². The van der Waals surface area contributed by atoms with E-state index in [1.807, 2.05) is 0 Å². The van der Waals surface area contributed by atoms with Gasteiger partial charge in [-0.1, -0.05) is 15.9 Å². The van der Waals surface area contributed by atoms with Crippen molar-refractivity contribution >= 4 is 22.0 Å². The molecule has 0 bridgehead atoms. The third-order valence-corrected chi connectivity index (χ3v) is 3.23. The summed E-state index contributed by atoms with van der Waals surface area (Å²) in [4.78, 5) is 14.9.